The smallest absolute Gasteiger partial charge is 0.137 e. The summed E-state index contributed by atoms with van der Waals surface area (Å²) < 4.78 is 15.8. The average Bonchev–Trinajstić information content (AvgIpc) is 2.84. The minimum absolute atomic E-state index is 0.245. The predicted octanol–water partition coefficient (Wildman–Crippen LogP) is 3.50. The van der Waals surface area contributed by atoms with E-state index in [0.29, 0.717) is 11.0 Å². The van der Waals surface area contributed by atoms with Crippen molar-refractivity contribution in [1.82, 2.24) is 15.1 Å². The van der Waals surface area contributed by atoms with E-state index >= 15 is 0 Å². The second-order valence-corrected chi connectivity index (χ2v) is 5.26. The van der Waals surface area contributed by atoms with Gasteiger partial charge in [0.1, 0.15) is 5.82 Å². The van der Waals surface area contributed by atoms with Gasteiger partial charge in [0.15, 0.2) is 0 Å². The van der Waals surface area contributed by atoms with E-state index in [4.69, 9.17) is 0 Å². The molecule has 2 rings (SSSR count). The summed E-state index contributed by atoms with van der Waals surface area (Å²) in [5.41, 5.74) is 2.01. The van der Waals surface area contributed by atoms with E-state index in [-0.39, 0.29) is 11.9 Å². The third-order valence-electron chi connectivity index (χ3n) is 3.03. The summed E-state index contributed by atoms with van der Waals surface area (Å²) >= 11 is 3.27. The van der Waals surface area contributed by atoms with Crippen LogP contribution in [0.3, 0.4) is 0 Å². The van der Waals surface area contributed by atoms with Gasteiger partial charge in [-0.25, -0.2) is 4.39 Å². The lowest BCUT2D eigenvalue weighted by molar-refractivity contribution is 0.595. The highest BCUT2D eigenvalue weighted by molar-refractivity contribution is 9.10. The zero-order valence-electron chi connectivity index (χ0n) is 11.0. The molecule has 0 saturated heterocycles. The van der Waals surface area contributed by atoms with Crippen LogP contribution in [0.2, 0.25) is 0 Å². The topological polar surface area (TPSA) is 29.9 Å². The number of rotatable bonds is 5. The molecule has 0 radical (unpaired) electrons. The molecule has 2 aromatic rings. The van der Waals surface area contributed by atoms with Crippen LogP contribution in [0.5, 0.6) is 0 Å². The second-order valence-electron chi connectivity index (χ2n) is 4.46. The molecule has 0 aliphatic rings. The molecule has 3 nitrogen and oxygen atoms in total. The number of hydrogen-bond donors (Lipinski definition) is 1. The van der Waals surface area contributed by atoms with Gasteiger partial charge in [-0.05, 0) is 41.0 Å². The Kier molecular flexibility index (Phi) is 4.71. The number of halogens is 2. The molecule has 0 aliphatic carbocycles. The zero-order chi connectivity index (χ0) is 13.8. The summed E-state index contributed by atoms with van der Waals surface area (Å²) in [7, 11) is 0. The third-order valence-corrected chi connectivity index (χ3v) is 3.92. The van der Waals surface area contributed by atoms with E-state index in [9.17, 15) is 4.39 Å². The fraction of sp³-hybridized carbons (Fsp3) is 0.357. The van der Waals surface area contributed by atoms with Crippen LogP contribution in [0.15, 0.2) is 35.1 Å². The Labute approximate surface area is 121 Å². The Balaban J connectivity index is 2.14. The molecule has 1 heterocycles. The van der Waals surface area contributed by atoms with Gasteiger partial charge in [-0.3, -0.25) is 4.68 Å². The monoisotopic (exact) mass is 325 g/mol. The summed E-state index contributed by atoms with van der Waals surface area (Å²) in [4.78, 5) is 0. The number of hydrogen-bond acceptors (Lipinski definition) is 2. The number of benzene rings is 1. The normalized spacial score (nSPS) is 12.6. The highest BCUT2D eigenvalue weighted by Gasteiger charge is 2.09. The van der Waals surface area contributed by atoms with Gasteiger partial charge >= 0.3 is 0 Å². The van der Waals surface area contributed by atoms with Crippen LogP contribution in [0.4, 0.5) is 4.39 Å². The molecule has 0 bridgehead atoms. The van der Waals surface area contributed by atoms with Gasteiger partial charge in [-0.1, -0.05) is 19.1 Å². The van der Waals surface area contributed by atoms with Crippen LogP contribution in [0, 0.1) is 5.82 Å². The van der Waals surface area contributed by atoms with E-state index in [1.54, 1.807) is 6.07 Å². The molecule has 1 atom stereocenters. The van der Waals surface area contributed by atoms with Crippen LogP contribution >= 0.6 is 15.9 Å². The molecule has 0 saturated carbocycles. The van der Waals surface area contributed by atoms with Crippen LogP contribution in [-0.4, -0.2) is 16.3 Å². The van der Waals surface area contributed by atoms with Gasteiger partial charge in [0.25, 0.3) is 0 Å². The van der Waals surface area contributed by atoms with Crippen molar-refractivity contribution in [1.29, 1.82) is 0 Å². The molecule has 0 spiro atoms. The van der Waals surface area contributed by atoms with Crippen molar-refractivity contribution in [3.05, 3.63) is 52.0 Å². The van der Waals surface area contributed by atoms with Crippen molar-refractivity contribution < 1.29 is 4.39 Å². The van der Waals surface area contributed by atoms with Crippen molar-refractivity contribution in [2.75, 3.05) is 6.54 Å². The molecule has 1 aromatic carbocycles. The van der Waals surface area contributed by atoms with Gasteiger partial charge in [-0.15, -0.1) is 0 Å². The van der Waals surface area contributed by atoms with Crippen molar-refractivity contribution in [3.63, 3.8) is 0 Å². The maximum absolute atomic E-state index is 13.4. The van der Waals surface area contributed by atoms with E-state index in [1.165, 1.54) is 6.07 Å². The first-order valence-electron chi connectivity index (χ1n) is 6.30. The predicted molar refractivity (Wildman–Crippen MR) is 77.5 cm³/mol. The summed E-state index contributed by atoms with van der Waals surface area (Å²) in [6.07, 6.45) is 3.84. The Morgan fingerprint density at radius 1 is 1.47 bits per heavy atom. The van der Waals surface area contributed by atoms with Gasteiger partial charge in [0.05, 0.1) is 17.2 Å². The van der Waals surface area contributed by atoms with Crippen molar-refractivity contribution >= 4 is 15.9 Å². The first-order chi connectivity index (χ1) is 9.11. The Morgan fingerprint density at radius 3 is 3.00 bits per heavy atom. The van der Waals surface area contributed by atoms with Gasteiger partial charge < -0.3 is 5.32 Å². The van der Waals surface area contributed by atoms with Crippen molar-refractivity contribution in [3.8, 4) is 0 Å². The maximum Gasteiger partial charge on any atom is 0.137 e. The van der Waals surface area contributed by atoms with Crippen LogP contribution in [0.1, 0.15) is 31.0 Å². The molecule has 5 heteroatoms. The molecule has 19 heavy (non-hydrogen) atoms. The molecule has 0 amide bonds. The Hall–Kier alpha value is -1.20. The highest BCUT2D eigenvalue weighted by atomic mass is 79.9. The molecule has 1 aromatic heterocycles. The quantitative estimate of drug-likeness (QED) is 0.911. The molecular weight excluding hydrogens is 309 g/mol. The largest absolute Gasteiger partial charge is 0.310 e. The summed E-state index contributed by atoms with van der Waals surface area (Å²) in [5, 5.41) is 7.66. The van der Waals surface area contributed by atoms with Gasteiger partial charge in [0.2, 0.25) is 0 Å². The summed E-state index contributed by atoms with van der Waals surface area (Å²) in [5.74, 6) is -0.245. The fourth-order valence-corrected chi connectivity index (χ4v) is 2.35. The number of nitrogens with zero attached hydrogens (tertiary/aromatic N) is 2. The summed E-state index contributed by atoms with van der Waals surface area (Å²) in [6, 6.07) is 5.31. The third kappa shape index (κ3) is 3.42. The van der Waals surface area contributed by atoms with Crippen molar-refractivity contribution in [2.45, 2.75) is 26.4 Å². The molecule has 0 fully saturated rings. The lowest BCUT2D eigenvalue weighted by Crippen LogP contribution is -2.17. The average molecular weight is 326 g/mol. The minimum Gasteiger partial charge on any atom is -0.310 e. The minimum atomic E-state index is -0.245. The Morgan fingerprint density at radius 2 is 2.26 bits per heavy atom. The van der Waals surface area contributed by atoms with E-state index in [1.807, 2.05) is 23.1 Å². The fourth-order valence-electron chi connectivity index (χ4n) is 1.96. The molecule has 1 unspecified atom stereocenters. The second kappa shape index (κ2) is 6.30. The number of nitrogens with one attached hydrogen (secondary N) is 1. The van der Waals surface area contributed by atoms with Gasteiger partial charge in [0, 0.05) is 17.8 Å². The molecule has 0 aliphatic heterocycles. The first kappa shape index (κ1) is 14.2. The Bertz CT molecular complexity index is 553. The lowest BCUT2D eigenvalue weighted by atomic mass is 10.2. The molecule has 102 valence electrons. The van der Waals surface area contributed by atoms with E-state index in [0.717, 1.165) is 17.7 Å². The standard InChI is InChI=1S/C14H17BrFN3/c1-3-17-10(2)12-7-18-19(9-12)8-11-5-4-6-13(16)14(11)15/h4-7,9-10,17H,3,8H2,1-2H3. The molecule has 1 N–H and O–H groups in total. The van der Waals surface area contributed by atoms with E-state index in [2.05, 4.69) is 40.2 Å². The van der Waals surface area contributed by atoms with Crippen LogP contribution < -0.4 is 5.32 Å². The lowest BCUT2D eigenvalue weighted by Gasteiger charge is -2.09. The van der Waals surface area contributed by atoms with Gasteiger partial charge in [-0.2, -0.15) is 5.10 Å². The SMILES string of the molecule is CCNC(C)c1cnn(Cc2cccc(F)c2Br)c1. The highest BCUT2D eigenvalue weighted by Crippen LogP contribution is 2.21. The summed E-state index contributed by atoms with van der Waals surface area (Å²) in [6.45, 7) is 5.65. The zero-order valence-corrected chi connectivity index (χ0v) is 12.6. The van der Waals surface area contributed by atoms with Crippen molar-refractivity contribution in [2.24, 2.45) is 0 Å². The number of aromatic nitrogens is 2. The molecular formula is C14H17BrFN3. The van der Waals surface area contributed by atoms with Crippen LogP contribution in [0.25, 0.3) is 0 Å². The van der Waals surface area contributed by atoms with Crippen LogP contribution in [-0.2, 0) is 6.54 Å². The maximum atomic E-state index is 13.4. The first-order valence-corrected chi connectivity index (χ1v) is 7.09. The van der Waals surface area contributed by atoms with E-state index < -0.39 is 0 Å².